The third kappa shape index (κ3) is 4.60. The molecular formula is C23H29N3O2. The Bertz CT molecular complexity index is 868. The van der Waals surface area contributed by atoms with Gasteiger partial charge in [-0.25, -0.2) is 0 Å². The van der Waals surface area contributed by atoms with Crippen molar-refractivity contribution < 1.29 is 9.59 Å². The molecule has 0 aliphatic carbocycles. The average Bonchev–Trinajstić information content (AvgIpc) is 2.67. The first-order chi connectivity index (χ1) is 13.3. The van der Waals surface area contributed by atoms with Crippen molar-refractivity contribution in [3.63, 3.8) is 0 Å². The van der Waals surface area contributed by atoms with Crippen LogP contribution in [-0.4, -0.2) is 35.8 Å². The largest absolute Gasteiger partial charge is 0.346 e. The van der Waals surface area contributed by atoms with E-state index in [2.05, 4.69) is 33.7 Å². The fourth-order valence-electron chi connectivity index (χ4n) is 3.89. The van der Waals surface area contributed by atoms with E-state index in [1.165, 1.54) is 16.7 Å². The second-order valence-corrected chi connectivity index (χ2v) is 7.70. The first-order valence-electron chi connectivity index (χ1n) is 9.81. The molecule has 0 saturated carbocycles. The lowest BCUT2D eigenvalue weighted by molar-refractivity contribution is -0.128. The van der Waals surface area contributed by atoms with Crippen LogP contribution in [0, 0.1) is 20.8 Å². The van der Waals surface area contributed by atoms with E-state index in [-0.39, 0.29) is 24.4 Å². The maximum Gasteiger partial charge on any atom is 0.243 e. The minimum Gasteiger partial charge on any atom is -0.346 e. The van der Waals surface area contributed by atoms with Crippen molar-refractivity contribution in [3.8, 4) is 0 Å². The van der Waals surface area contributed by atoms with Crippen LogP contribution in [0.5, 0.6) is 0 Å². The van der Waals surface area contributed by atoms with Crippen LogP contribution in [-0.2, 0) is 22.6 Å². The van der Waals surface area contributed by atoms with Crippen molar-refractivity contribution in [3.05, 3.63) is 64.2 Å². The van der Waals surface area contributed by atoms with E-state index in [4.69, 9.17) is 0 Å². The summed E-state index contributed by atoms with van der Waals surface area (Å²) in [6.45, 7) is 9.47. The second-order valence-electron chi connectivity index (χ2n) is 7.70. The summed E-state index contributed by atoms with van der Waals surface area (Å²) in [4.78, 5) is 27.0. The molecule has 5 nitrogen and oxygen atoms in total. The molecule has 2 aromatic carbocycles. The van der Waals surface area contributed by atoms with E-state index in [1.807, 2.05) is 45.9 Å². The van der Waals surface area contributed by atoms with Gasteiger partial charge in [-0.15, -0.1) is 0 Å². The Labute approximate surface area is 167 Å². The number of nitrogens with zero attached hydrogens (tertiary/aromatic N) is 1. The third-order valence-corrected chi connectivity index (χ3v) is 5.45. The molecule has 0 bridgehead atoms. The van der Waals surface area contributed by atoms with Crippen molar-refractivity contribution in [2.45, 2.75) is 46.7 Å². The predicted molar refractivity (Wildman–Crippen MR) is 112 cm³/mol. The summed E-state index contributed by atoms with van der Waals surface area (Å²) < 4.78 is 0. The van der Waals surface area contributed by atoms with Gasteiger partial charge in [0.25, 0.3) is 0 Å². The van der Waals surface area contributed by atoms with Gasteiger partial charge in [0, 0.05) is 18.8 Å². The summed E-state index contributed by atoms with van der Waals surface area (Å²) in [5, 5.41) is 5.71. The molecule has 2 N–H and O–H groups in total. The summed E-state index contributed by atoms with van der Waals surface area (Å²) in [6, 6.07) is 12.2. The number of rotatable bonds is 5. The molecule has 5 heteroatoms. The van der Waals surface area contributed by atoms with Crippen molar-refractivity contribution in [1.82, 2.24) is 10.2 Å². The van der Waals surface area contributed by atoms with Crippen LogP contribution >= 0.6 is 0 Å². The SMILES string of the molecule is Cc1cc(C)c(NC(=O)CNC(=O)C(C)N2CCc3ccccc3C2)c(C)c1. The first-order valence-corrected chi connectivity index (χ1v) is 9.81. The zero-order chi connectivity index (χ0) is 20.3. The highest BCUT2D eigenvalue weighted by Gasteiger charge is 2.25. The van der Waals surface area contributed by atoms with E-state index >= 15 is 0 Å². The number of hydrogen-bond acceptors (Lipinski definition) is 3. The topological polar surface area (TPSA) is 61.4 Å². The van der Waals surface area contributed by atoms with Crippen LogP contribution in [0.1, 0.15) is 34.7 Å². The van der Waals surface area contributed by atoms with Gasteiger partial charge >= 0.3 is 0 Å². The normalized spacial score (nSPS) is 14.9. The first kappa shape index (κ1) is 20.1. The van der Waals surface area contributed by atoms with Crippen LogP contribution in [0.15, 0.2) is 36.4 Å². The molecule has 0 aromatic heterocycles. The van der Waals surface area contributed by atoms with Gasteiger partial charge in [0.15, 0.2) is 0 Å². The number of aryl methyl sites for hydroxylation is 3. The minimum atomic E-state index is -0.274. The van der Waals surface area contributed by atoms with Crippen LogP contribution in [0.3, 0.4) is 0 Å². The molecule has 1 aliphatic rings. The fourth-order valence-corrected chi connectivity index (χ4v) is 3.89. The van der Waals surface area contributed by atoms with Gasteiger partial charge < -0.3 is 10.6 Å². The lowest BCUT2D eigenvalue weighted by atomic mass is 9.99. The molecule has 1 aliphatic heterocycles. The van der Waals surface area contributed by atoms with Crippen LogP contribution in [0.4, 0.5) is 5.69 Å². The number of amides is 2. The molecule has 1 unspecified atom stereocenters. The molecule has 0 spiro atoms. The number of fused-ring (bicyclic) bond motifs is 1. The summed E-state index contributed by atoms with van der Waals surface area (Å²) in [7, 11) is 0. The Balaban J connectivity index is 1.53. The van der Waals surface area contributed by atoms with Gasteiger partial charge in [-0.1, -0.05) is 42.0 Å². The molecule has 3 rings (SSSR count). The molecule has 2 amide bonds. The molecule has 0 fully saturated rings. The number of carbonyl (C=O) groups is 2. The lowest BCUT2D eigenvalue weighted by Crippen LogP contribution is -2.48. The van der Waals surface area contributed by atoms with Gasteiger partial charge in [-0.3, -0.25) is 14.5 Å². The average molecular weight is 380 g/mol. The second kappa shape index (κ2) is 8.57. The number of benzene rings is 2. The van der Waals surface area contributed by atoms with Crippen LogP contribution in [0.2, 0.25) is 0 Å². The quantitative estimate of drug-likeness (QED) is 0.839. The molecule has 0 saturated heterocycles. The smallest absolute Gasteiger partial charge is 0.243 e. The molecule has 1 heterocycles. The highest BCUT2D eigenvalue weighted by molar-refractivity contribution is 5.96. The molecule has 28 heavy (non-hydrogen) atoms. The van der Waals surface area contributed by atoms with E-state index in [0.29, 0.717) is 0 Å². The fraction of sp³-hybridized carbons (Fsp3) is 0.391. The molecular weight excluding hydrogens is 350 g/mol. The van der Waals surface area contributed by atoms with E-state index < -0.39 is 0 Å². The van der Waals surface area contributed by atoms with Crippen molar-refractivity contribution in [2.75, 3.05) is 18.4 Å². The Morgan fingerprint density at radius 3 is 2.39 bits per heavy atom. The minimum absolute atomic E-state index is 0.0274. The van der Waals surface area contributed by atoms with Gasteiger partial charge in [-0.2, -0.15) is 0 Å². The number of nitrogens with one attached hydrogen (secondary N) is 2. The maximum atomic E-state index is 12.6. The molecule has 2 aromatic rings. The van der Waals surface area contributed by atoms with Gasteiger partial charge in [-0.05, 0) is 56.4 Å². The highest BCUT2D eigenvalue weighted by atomic mass is 16.2. The predicted octanol–water partition coefficient (Wildman–Crippen LogP) is 3.11. The summed E-state index contributed by atoms with van der Waals surface area (Å²) >= 11 is 0. The van der Waals surface area contributed by atoms with Gasteiger partial charge in [0.05, 0.1) is 12.6 Å². The lowest BCUT2D eigenvalue weighted by Gasteiger charge is -2.32. The van der Waals surface area contributed by atoms with Gasteiger partial charge in [0.2, 0.25) is 11.8 Å². The summed E-state index contributed by atoms with van der Waals surface area (Å²) in [5.74, 6) is -0.327. The number of hydrogen-bond donors (Lipinski definition) is 2. The molecule has 1 atom stereocenters. The Morgan fingerprint density at radius 2 is 1.71 bits per heavy atom. The Kier molecular flexibility index (Phi) is 6.15. The van der Waals surface area contributed by atoms with Crippen LogP contribution in [0.25, 0.3) is 0 Å². The van der Waals surface area contributed by atoms with E-state index in [9.17, 15) is 9.59 Å². The zero-order valence-corrected chi connectivity index (χ0v) is 17.1. The van der Waals surface area contributed by atoms with E-state index in [0.717, 1.165) is 36.3 Å². The summed E-state index contributed by atoms with van der Waals surface area (Å²) in [6.07, 6.45) is 0.945. The van der Waals surface area contributed by atoms with Gasteiger partial charge in [0.1, 0.15) is 0 Å². The molecule has 148 valence electrons. The Hall–Kier alpha value is -2.66. The van der Waals surface area contributed by atoms with Crippen molar-refractivity contribution in [1.29, 1.82) is 0 Å². The van der Waals surface area contributed by atoms with Crippen molar-refractivity contribution in [2.24, 2.45) is 0 Å². The summed E-state index contributed by atoms with van der Waals surface area (Å²) in [5.41, 5.74) is 6.67. The van der Waals surface area contributed by atoms with Crippen LogP contribution < -0.4 is 10.6 Å². The number of anilines is 1. The standard InChI is InChI=1S/C23H29N3O2/c1-15-11-16(2)22(17(3)12-15)25-21(27)13-24-23(28)18(4)26-10-9-19-7-5-6-8-20(19)14-26/h5-8,11-12,18H,9-10,13-14H2,1-4H3,(H,24,28)(H,25,27). The highest BCUT2D eigenvalue weighted by Crippen LogP contribution is 2.22. The Morgan fingerprint density at radius 1 is 1.07 bits per heavy atom. The molecule has 0 radical (unpaired) electrons. The zero-order valence-electron chi connectivity index (χ0n) is 17.1. The van der Waals surface area contributed by atoms with Crippen molar-refractivity contribution >= 4 is 17.5 Å². The third-order valence-electron chi connectivity index (χ3n) is 5.45. The number of carbonyl (C=O) groups excluding carboxylic acids is 2. The monoisotopic (exact) mass is 379 g/mol. The van der Waals surface area contributed by atoms with E-state index in [1.54, 1.807) is 0 Å². The maximum absolute atomic E-state index is 12.6.